The molecule has 5 nitrogen and oxygen atoms in total. The smallest absolute Gasteiger partial charge is 0.317 e. The number of piperazine rings is 1. The van der Waals surface area contributed by atoms with Gasteiger partial charge in [-0.3, -0.25) is 14.6 Å². The van der Waals surface area contributed by atoms with E-state index in [1.165, 1.54) is 0 Å². The summed E-state index contributed by atoms with van der Waals surface area (Å²) in [5.41, 5.74) is 0. The van der Waals surface area contributed by atoms with E-state index in [-0.39, 0.29) is 12.6 Å². The predicted molar refractivity (Wildman–Crippen MR) is 59.3 cm³/mol. The average molecular weight is 228 g/mol. The second kappa shape index (κ2) is 5.12. The summed E-state index contributed by atoms with van der Waals surface area (Å²) in [7, 11) is 0. The molecule has 0 spiro atoms. The number of hydrogen-bond acceptors (Lipinski definition) is 4. The Morgan fingerprint density at radius 1 is 1.19 bits per heavy atom. The largest absolute Gasteiger partial charge is 0.480 e. The van der Waals surface area contributed by atoms with Crippen LogP contribution in [0, 0.1) is 0 Å². The van der Waals surface area contributed by atoms with Crippen molar-refractivity contribution in [1.82, 2.24) is 9.80 Å². The van der Waals surface area contributed by atoms with E-state index in [1.807, 2.05) is 4.90 Å². The molecule has 2 N–H and O–H groups in total. The molecule has 1 saturated carbocycles. The van der Waals surface area contributed by atoms with E-state index in [0.717, 1.165) is 45.4 Å². The molecule has 0 aromatic rings. The van der Waals surface area contributed by atoms with Crippen molar-refractivity contribution in [3.05, 3.63) is 0 Å². The number of nitrogens with zero attached hydrogens (tertiary/aromatic N) is 2. The number of aliphatic carboxylic acids is 1. The van der Waals surface area contributed by atoms with Crippen LogP contribution in [0.25, 0.3) is 0 Å². The van der Waals surface area contributed by atoms with Crippen molar-refractivity contribution in [2.75, 3.05) is 32.7 Å². The maximum absolute atomic E-state index is 10.6. The number of carboxylic acids is 1. The Balaban J connectivity index is 1.74. The minimum absolute atomic E-state index is 0.123. The van der Waals surface area contributed by atoms with Gasteiger partial charge in [-0.25, -0.2) is 0 Å². The van der Waals surface area contributed by atoms with Crippen molar-refractivity contribution in [1.29, 1.82) is 0 Å². The monoisotopic (exact) mass is 228 g/mol. The molecule has 0 amide bonds. The number of rotatable bonds is 3. The molecule has 0 bridgehead atoms. The Labute approximate surface area is 95.6 Å². The van der Waals surface area contributed by atoms with Crippen LogP contribution in [0.15, 0.2) is 0 Å². The van der Waals surface area contributed by atoms with E-state index in [2.05, 4.69) is 4.90 Å². The van der Waals surface area contributed by atoms with Gasteiger partial charge < -0.3 is 10.2 Å². The molecule has 16 heavy (non-hydrogen) atoms. The molecule has 2 atom stereocenters. The minimum Gasteiger partial charge on any atom is -0.480 e. The normalized spacial score (nSPS) is 33.1. The summed E-state index contributed by atoms with van der Waals surface area (Å²) in [4.78, 5) is 14.9. The zero-order valence-corrected chi connectivity index (χ0v) is 9.51. The molecule has 2 aliphatic rings. The fourth-order valence-electron chi connectivity index (χ4n) is 2.74. The van der Waals surface area contributed by atoms with Gasteiger partial charge in [0.25, 0.3) is 0 Å². The molecule has 2 rings (SSSR count). The van der Waals surface area contributed by atoms with Crippen LogP contribution in [0.4, 0.5) is 0 Å². The van der Waals surface area contributed by atoms with Crippen LogP contribution in [-0.4, -0.2) is 70.9 Å². The zero-order chi connectivity index (χ0) is 11.5. The molecular formula is C11H20N2O3. The van der Waals surface area contributed by atoms with Crippen LogP contribution in [0.3, 0.4) is 0 Å². The van der Waals surface area contributed by atoms with Crippen molar-refractivity contribution >= 4 is 5.97 Å². The Bertz CT molecular complexity index is 252. The maximum atomic E-state index is 10.6. The van der Waals surface area contributed by atoms with Gasteiger partial charge in [-0.1, -0.05) is 0 Å². The quantitative estimate of drug-likeness (QED) is 0.688. The fourth-order valence-corrected chi connectivity index (χ4v) is 2.74. The fraction of sp³-hybridized carbons (Fsp3) is 0.909. The summed E-state index contributed by atoms with van der Waals surface area (Å²) in [6.45, 7) is 3.69. The molecule has 2 unspecified atom stereocenters. The highest BCUT2D eigenvalue weighted by Crippen LogP contribution is 2.24. The molecule has 5 heteroatoms. The Hall–Kier alpha value is -0.650. The zero-order valence-electron chi connectivity index (χ0n) is 9.51. The van der Waals surface area contributed by atoms with Gasteiger partial charge in [-0.2, -0.15) is 0 Å². The lowest BCUT2D eigenvalue weighted by Crippen LogP contribution is -2.50. The second-order valence-electron chi connectivity index (χ2n) is 4.83. The van der Waals surface area contributed by atoms with Gasteiger partial charge in [0, 0.05) is 32.2 Å². The molecule has 92 valence electrons. The molecule has 0 aromatic heterocycles. The summed E-state index contributed by atoms with van der Waals surface area (Å²) >= 11 is 0. The lowest BCUT2D eigenvalue weighted by atomic mass is 10.2. The van der Waals surface area contributed by atoms with Gasteiger partial charge in [-0.15, -0.1) is 0 Å². The van der Waals surface area contributed by atoms with Gasteiger partial charge in [0.05, 0.1) is 12.6 Å². The number of aliphatic hydroxyl groups excluding tert-OH is 1. The third-order valence-electron chi connectivity index (χ3n) is 3.66. The number of carbonyl (C=O) groups is 1. The molecule has 1 saturated heterocycles. The van der Waals surface area contributed by atoms with Crippen LogP contribution >= 0.6 is 0 Å². The first kappa shape index (κ1) is 11.8. The van der Waals surface area contributed by atoms with E-state index in [0.29, 0.717) is 6.04 Å². The third-order valence-corrected chi connectivity index (χ3v) is 3.66. The molecule has 0 aromatic carbocycles. The van der Waals surface area contributed by atoms with E-state index < -0.39 is 5.97 Å². The van der Waals surface area contributed by atoms with Crippen molar-refractivity contribution < 1.29 is 15.0 Å². The predicted octanol–water partition coefficient (Wildman–Crippen LogP) is -0.398. The van der Waals surface area contributed by atoms with Gasteiger partial charge in [-0.05, 0) is 19.3 Å². The molecule has 1 heterocycles. The van der Waals surface area contributed by atoms with Gasteiger partial charge >= 0.3 is 5.97 Å². The molecule has 2 fully saturated rings. The summed E-state index contributed by atoms with van der Waals surface area (Å²) in [6, 6.07) is 0.516. The van der Waals surface area contributed by atoms with Crippen LogP contribution in [-0.2, 0) is 4.79 Å². The van der Waals surface area contributed by atoms with Crippen LogP contribution in [0.5, 0.6) is 0 Å². The Kier molecular flexibility index (Phi) is 3.78. The summed E-state index contributed by atoms with van der Waals surface area (Å²) in [6.07, 6.45) is 2.76. The Morgan fingerprint density at radius 3 is 2.38 bits per heavy atom. The highest BCUT2D eigenvalue weighted by atomic mass is 16.4. The summed E-state index contributed by atoms with van der Waals surface area (Å²) in [5.74, 6) is -0.746. The summed E-state index contributed by atoms with van der Waals surface area (Å²) in [5, 5.41) is 18.2. The van der Waals surface area contributed by atoms with Gasteiger partial charge in [0.15, 0.2) is 0 Å². The number of aliphatic hydroxyl groups is 1. The van der Waals surface area contributed by atoms with E-state index in [1.54, 1.807) is 0 Å². The first-order chi connectivity index (χ1) is 7.65. The lowest BCUT2D eigenvalue weighted by Gasteiger charge is -2.37. The number of hydrogen-bond donors (Lipinski definition) is 2. The topological polar surface area (TPSA) is 64.0 Å². The van der Waals surface area contributed by atoms with Gasteiger partial charge in [0.1, 0.15) is 0 Å². The standard InChI is InChI=1S/C11H20N2O3/c14-10-2-1-9(7-10)13-5-3-12(4-6-13)8-11(15)16/h9-10,14H,1-8H2,(H,15,16). The van der Waals surface area contributed by atoms with Crippen LogP contribution in [0.1, 0.15) is 19.3 Å². The Morgan fingerprint density at radius 2 is 1.88 bits per heavy atom. The van der Waals surface area contributed by atoms with Crippen molar-refractivity contribution in [2.24, 2.45) is 0 Å². The van der Waals surface area contributed by atoms with E-state index >= 15 is 0 Å². The van der Waals surface area contributed by atoms with Crippen molar-refractivity contribution in [2.45, 2.75) is 31.4 Å². The SMILES string of the molecule is O=C(O)CN1CCN(C2CCC(O)C2)CC1. The molecule has 1 aliphatic carbocycles. The van der Waals surface area contributed by atoms with Crippen molar-refractivity contribution in [3.8, 4) is 0 Å². The van der Waals surface area contributed by atoms with Crippen LogP contribution in [0.2, 0.25) is 0 Å². The molecule has 1 aliphatic heterocycles. The first-order valence-electron chi connectivity index (χ1n) is 6.01. The maximum Gasteiger partial charge on any atom is 0.317 e. The van der Waals surface area contributed by atoms with Crippen LogP contribution < -0.4 is 0 Å². The molecule has 0 radical (unpaired) electrons. The number of carboxylic acid groups (broad SMARTS) is 1. The first-order valence-corrected chi connectivity index (χ1v) is 6.01. The van der Waals surface area contributed by atoms with Crippen molar-refractivity contribution in [3.63, 3.8) is 0 Å². The minimum atomic E-state index is -0.746. The average Bonchev–Trinajstić information content (AvgIpc) is 2.65. The third kappa shape index (κ3) is 2.93. The van der Waals surface area contributed by atoms with E-state index in [4.69, 9.17) is 5.11 Å². The lowest BCUT2D eigenvalue weighted by molar-refractivity contribution is -0.138. The summed E-state index contributed by atoms with van der Waals surface area (Å²) < 4.78 is 0. The second-order valence-corrected chi connectivity index (χ2v) is 4.83. The van der Waals surface area contributed by atoms with E-state index in [9.17, 15) is 9.90 Å². The van der Waals surface area contributed by atoms with Gasteiger partial charge in [0.2, 0.25) is 0 Å². The molecular weight excluding hydrogens is 208 g/mol. The highest BCUT2D eigenvalue weighted by Gasteiger charge is 2.30. The highest BCUT2D eigenvalue weighted by molar-refractivity contribution is 5.69.